The lowest BCUT2D eigenvalue weighted by molar-refractivity contribution is -0.193. The highest BCUT2D eigenvalue weighted by atomic mass is 79.9. The zero-order valence-corrected chi connectivity index (χ0v) is 25.2. The number of hydrogen-bond donors (Lipinski definition) is 4. The van der Waals surface area contributed by atoms with Gasteiger partial charge in [0.15, 0.2) is 5.65 Å². The number of carbonyl (C=O) groups is 2. The van der Waals surface area contributed by atoms with Crippen LogP contribution in [0.2, 0.25) is 0 Å². The molecule has 250 valence electrons. The minimum absolute atomic E-state index is 0.270. The Kier molecular flexibility index (Phi) is 14.4. The van der Waals surface area contributed by atoms with Crippen molar-refractivity contribution in [3.63, 3.8) is 0 Å². The van der Waals surface area contributed by atoms with E-state index in [0.717, 1.165) is 72.1 Å². The maximum Gasteiger partial charge on any atom is 0.490 e. The molecule has 1 atom stereocenters. The largest absolute Gasteiger partial charge is 0.491 e. The van der Waals surface area contributed by atoms with Crippen molar-refractivity contribution in [2.45, 2.75) is 18.5 Å². The molecule has 1 fully saturated rings. The third-order valence-electron chi connectivity index (χ3n) is 5.90. The lowest BCUT2D eigenvalue weighted by atomic mass is 10.2. The van der Waals surface area contributed by atoms with Crippen molar-refractivity contribution in [1.29, 1.82) is 0 Å². The van der Waals surface area contributed by atoms with E-state index < -0.39 is 30.4 Å². The van der Waals surface area contributed by atoms with Gasteiger partial charge in [0.1, 0.15) is 29.8 Å². The molecule has 1 aromatic carbocycles. The zero-order chi connectivity index (χ0) is 33.8. The number of imidazole rings is 1. The molecular formula is C26H30BrF6N5O7. The van der Waals surface area contributed by atoms with Crippen molar-refractivity contribution >= 4 is 39.0 Å². The number of aromatic amines is 1. The number of rotatable bonds is 9. The van der Waals surface area contributed by atoms with E-state index in [1.807, 2.05) is 30.3 Å². The highest BCUT2D eigenvalue weighted by Crippen LogP contribution is 2.24. The number of hydrogen-bond acceptors (Lipinski definition) is 9. The molecule has 45 heavy (non-hydrogen) atoms. The molecule has 4 rings (SSSR count). The van der Waals surface area contributed by atoms with Crippen molar-refractivity contribution < 1.29 is 60.7 Å². The molecule has 1 aliphatic heterocycles. The Hall–Kier alpha value is -3.52. The quantitative estimate of drug-likeness (QED) is 0.239. The minimum Gasteiger partial charge on any atom is -0.491 e. The molecule has 1 unspecified atom stereocenters. The average molecular weight is 718 g/mol. The van der Waals surface area contributed by atoms with Crippen LogP contribution in [-0.2, 0) is 14.3 Å². The number of ether oxygens (including phenoxy) is 2. The third-order valence-corrected chi connectivity index (χ3v) is 6.34. The van der Waals surface area contributed by atoms with Gasteiger partial charge in [-0.05, 0) is 46.3 Å². The van der Waals surface area contributed by atoms with Gasteiger partial charge in [-0.15, -0.1) is 0 Å². The number of benzene rings is 1. The molecule has 4 N–H and O–H groups in total. The number of methoxy groups -OCH3 is 1. The summed E-state index contributed by atoms with van der Waals surface area (Å²) in [6.07, 6.45) is -8.95. The van der Waals surface area contributed by atoms with E-state index in [1.165, 1.54) is 0 Å². The second-order valence-electron chi connectivity index (χ2n) is 9.34. The summed E-state index contributed by atoms with van der Waals surface area (Å²) in [6.45, 7) is 6.55. The highest BCUT2D eigenvalue weighted by Gasteiger charge is 2.38. The number of β-amino-alcohol motifs (C(OH)–C–C–N with tert-alkyl or cyclic N) is 1. The number of nitrogens with one attached hydrogen (secondary N) is 1. The van der Waals surface area contributed by atoms with Crippen LogP contribution in [0.15, 0.2) is 41.0 Å². The number of H-pyrrole nitrogens is 1. The monoisotopic (exact) mass is 717 g/mol. The van der Waals surface area contributed by atoms with E-state index in [-0.39, 0.29) is 6.61 Å². The first-order chi connectivity index (χ1) is 21.0. The number of carboxylic acids is 2. The molecule has 1 saturated heterocycles. The van der Waals surface area contributed by atoms with Gasteiger partial charge in [0, 0.05) is 62.6 Å². The Balaban J connectivity index is 0.000000421. The lowest BCUT2D eigenvalue weighted by Crippen LogP contribution is -2.49. The minimum atomic E-state index is -5.08. The van der Waals surface area contributed by atoms with E-state index in [0.29, 0.717) is 6.54 Å². The molecule has 19 heteroatoms. The fourth-order valence-electron chi connectivity index (χ4n) is 3.68. The number of aliphatic carboxylic acids is 2. The molecule has 3 aromatic rings. The molecule has 3 heterocycles. The van der Waals surface area contributed by atoms with Gasteiger partial charge in [0.25, 0.3) is 0 Å². The number of aromatic nitrogens is 3. The van der Waals surface area contributed by atoms with Gasteiger partial charge in [-0.2, -0.15) is 26.3 Å². The maximum absolute atomic E-state index is 10.6. The van der Waals surface area contributed by atoms with Crippen LogP contribution in [0, 0.1) is 0 Å². The molecule has 0 aliphatic carbocycles. The molecule has 12 nitrogen and oxygen atoms in total. The number of halogens is 7. The fourth-order valence-corrected chi connectivity index (χ4v) is 3.99. The first-order valence-electron chi connectivity index (χ1n) is 13.0. The number of fused-ring (bicyclic) bond motifs is 1. The summed E-state index contributed by atoms with van der Waals surface area (Å²) in [7, 11) is 1.73. The van der Waals surface area contributed by atoms with Crippen LogP contribution in [0.5, 0.6) is 5.75 Å². The van der Waals surface area contributed by atoms with Gasteiger partial charge in [0.2, 0.25) is 0 Å². The molecule has 0 spiro atoms. The van der Waals surface area contributed by atoms with Crippen molar-refractivity contribution in [2.75, 3.05) is 59.6 Å². The van der Waals surface area contributed by atoms with Gasteiger partial charge in [0.05, 0.1) is 6.61 Å². The summed E-state index contributed by atoms with van der Waals surface area (Å²) in [5.74, 6) is -4.03. The van der Waals surface area contributed by atoms with E-state index in [4.69, 9.17) is 29.3 Å². The van der Waals surface area contributed by atoms with Crippen LogP contribution in [0.4, 0.5) is 26.3 Å². The number of piperazine rings is 1. The zero-order valence-electron chi connectivity index (χ0n) is 23.6. The molecule has 1 aliphatic rings. The van der Waals surface area contributed by atoms with Crippen molar-refractivity contribution in [2.24, 2.45) is 0 Å². The standard InChI is InChI=1S/C22H28BrN5O3.2C2HF3O2/c1-30-11-10-27-6-8-28(9-7-27)14-18(29)15-31-19-4-2-16(3-5-19)21-25-20-12-17(23)13-24-22(20)26-21;2*3-2(4,5)1(6)7/h2-5,12-13,18,29H,6-11,14-15H2,1H3,(H,24,25,26);2*(H,6,7). The van der Waals surface area contributed by atoms with E-state index in [2.05, 4.69) is 40.7 Å². The summed E-state index contributed by atoms with van der Waals surface area (Å²) in [6, 6.07) is 9.63. The molecule has 0 saturated carbocycles. The van der Waals surface area contributed by atoms with Crippen molar-refractivity contribution in [3.05, 3.63) is 41.0 Å². The number of alkyl halides is 6. The fraction of sp³-hybridized carbons (Fsp3) is 0.462. The van der Waals surface area contributed by atoms with Crippen LogP contribution in [0.1, 0.15) is 0 Å². The summed E-state index contributed by atoms with van der Waals surface area (Å²) in [5, 5.41) is 24.6. The Labute approximate surface area is 260 Å². The number of carboxylic acid groups (broad SMARTS) is 2. The smallest absolute Gasteiger partial charge is 0.490 e. The van der Waals surface area contributed by atoms with E-state index in [1.54, 1.807) is 13.3 Å². The van der Waals surface area contributed by atoms with Gasteiger partial charge in [-0.25, -0.2) is 19.6 Å². The highest BCUT2D eigenvalue weighted by molar-refractivity contribution is 9.10. The predicted octanol–water partition coefficient (Wildman–Crippen LogP) is 3.66. The first kappa shape index (κ1) is 37.7. The molecule has 2 aromatic heterocycles. The summed E-state index contributed by atoms with van der Waals surface area (Å²) >= 11 is 3.42. The predicted molar refractivity (Wildman–Crippen MR) is 151 cm³/mol. The Morgan fingerprint density at radius 1 is 1.00 bits per heavy atom. The van der Waals surface area contributed by atoms with Crippen molar-refractivity contribution in [1.82, 2.24) is 24.8 Å². The van der Waals surface area contributed by atoms with Crippen LogP contribution in [0.3, 0.4) is 0 Å². The molecule has 0 bridgehead atoms. The third kappa shape index (κ3) is 13.6. The van der Waals surface area contributed by atoms with Crippen LogP contribution >= 0.6 is 15.9 Å². The lowest BCUT2D eigenvalue weighted by Gasteiger charge is -2.35. The average Bonchev–Trinajstić information content (AvgIpc) is 3.39. The van der Waals surface area contributed by atoms with Gasteiger partial charge >= 0.3 is 24.3 Å². The van der Waals surface area contributed by atoms with E-state index >= 15 is 0 Å². The van der Waals surface area contributed by atoms with E-state index in [9.17, 15) is 31.4 Å². The number of aliphatic hydroxyl groups is 1. The number of pyridine rings is 1. The van der Waals surface area contributed by atoms with Gasteiger partial charge < -0.3 is 29.8 Å². The van der Waals surface area contributed by atoms with Crippen LogP contribution in [0.25, 0.3) is 22.6 Å². The van der Waals surface area contributed by atoms with Crippen molar-refractivity contribution in [3.8, 4) is 17.1 Å². The van der Waals surface area contributed by atoms with Gasteiger partial charge in [-0.1, -0.05) is 0 Å². The van der Waals surface area contributed by atoms with Crippen LogP contribution in [-0.4, -0.2) is 130 Å². The summed E-state index contributed by atoms with van der Waals surface area (Å²) < 4.78 is 75.3. The topological polar surface area (TPSA) is 161 Å². The molecule has 0 radical (unpaired) electrons. The summed E-state index contributed by atoms with van der Waals surface area (Å²) in [4.78, 5) is 34.6. The summed E-state index contributed by atoms with van der Waals surface area (Å²) in [5.41, 5.74) is 2.52. The molecule has 0 amide bonds. The second kappa shape index (κ2) is 17.2. The SMILES string of the molecule is COCCN1CCN(CC(O)COc2ccc(-c3nc4cc(Br)cnc4[nH]3)cc2)CC1.O=C(O)C(F)(F)F.O=C(O)C(F)(F)F. The Bertz CT molecular complexity index is 1340. The number of aliphatic hydroxyl groups excluding tert-OH is 1. The maximum atomic E-state index is 10.6. The first-order valence-corrected chi connectivity index (χ1v) is 13.7. The Morgan fingerprint density at radius 3 is 2.04 bits per heavy atom. The molecular weight excluding hydrogens is 688 g/mol. The Morgan fingerprint density at radius 2 is 1.53 bits per heavy atom. The van der Waals surface area contributed by atoms with Crippen LogP contribution < -0.4 is 4.74 Å². The number of nitrogens with zero attached hydrogens (tertiary/aromatic N) is 4. The normalized spacial score (nSPS) is 15.0. The second-order valence-corrected chi connectivity index (χ2v) is 10.3. The van der Waals surface area contributed by atoms with Gasteiger partial charge in [-0.3, -0.25) is 9.80 Å².